The van der Waals surface area contributed by atoms with E-state index in [0.29, 0.717) is 10.8 Å². The van der Waals surface area contributed by atoms with Crippen LogP contribution in [-0.4, -0.2) is 20.9 Å². The van der Waals surface area contributed by atoms with Gasteiger partial charge in [-0.2, -0.15) is 0 Å². The maximum Gasteiger partial charge on any atom is 0.276 e. The summed E-state index contributed by atoms with van der Waals surface area (Å²) in [5, 5.41) is 6.42. The van der Waals surface area contributed by atoms with E-state index < -0.39 is 0 Å². The molecular weight excluding hydrogens is 320 g/mol. The number of nitrogens with one attached hydrogen (secondary N) is 2. The minimum Gasteiger partial charge on any atom is -0.360 e. The molecule has 4 rings (SSSR count). The molecule has 4 aromatic rings. The second kappa shape index (κ2) is 5.90. The molecular formula is C18H14N4OS. The molecule has 1 amide bonds. The number of anilines is 1. The highest BCUT2D eigenvalue weighted by Crippen LogP contribution is 2.30. The number of thiazole rings is 1. The van der Waals surface area contributed by atoms with Crippen LogP contribution in [-0.2, 0) is 0 Å². The molecule has 3 heterocycles. The Bertz CT molecular complexity index is 1030. The number of fused-ring (bicyclic) bond motifs is 1. The lowest BCUT2D eigenvalue weighted by Crippen LogP contribution is -2.13. The van der Waals surface area contributed by atoms with Crippen molar-refractivity contribution >= 4 is 33.3 Å². The second-order valence-corrected chi connectivity index (χ2v) is 6.26. The monoisotopic (exact) mass is 334 g/mol. The van der Waals surface area contributed by atoms with Crippen molar-refractivity contribution < 1.29 is 4.79 Å². The fourth-order valence-corrected chi connectivity index (χ4v) is 3.27. The molecule has 24 heavy (non-hydrogen) atoms. The van der Waals surface area contributed by atoms with E-state index in [1.165, 1.54) is 11.3 Å². The molecule has 6 heteroatoms. The maximum absolute atomic E-state index is 12.3. The molecule has 0 aliphatic rings. The van der Waals surface area contributed by atoms with E-state index >= 15 is 0 Å². The summed E-state index contributed by atoms with van der Waals surface area (Å²) >= 11 is 1.40. The molecule has 0 aliphatic carbocycles. The van der Waals surface area contributed by atoms with E-state index in [4.69, 9.17) is 0 Å². The summed E-state index contributed by atoms with van der Waals surface area (Å²) < 4.78 is 0. The molecule has 0 fully saturated rings. The predicted octanol–water partition coefficient (Wildman–Crippen LogP) is 4.25. The highest BCUT2D eigenvalue weighted by atomic mass is 32.1. The van der Waals surface area contributed by atoms with Crippen molar-refractivity contribution in [1.29, 1.82) is 0 Å². The highest BCUT2D eigenvalue weighted by Gasteiger charge is 2.13. The highest BCUT2D eigenvalue weighted by molar-refractivity contribution is 7.14. The molecule has 0 spiro atoms. The largest absolute Gasteiger partial charge is 0.360 e. The van der Waals surface area contributed by atoms with Crippen LogP contribution in [0, 0.1) is 6.92 Å². The Kier molecular flexibility index (Phi) is 3.59. The van der Waals surface area contributed by atoms with Crippen molar-refractivity contribution in [3.63, 3.8) is 0 Å². The quantitative estimate of drug-likeness (QED) is 0.588. The molecule has 1 aromatic carbocycles. The number of H-pyrrole nitrogens is 1. The molecule has 0 saturated heterocycles. The Balaban J connectivity index is 1.60. The van der Waals surface area contributed by atoms with E-state index in [-0.39, 0.29) is 5.91 Å². The Labute approximate surface area is 142 Å². The lowest BCUT2D eigenvalue weighted by molar-refractivity contribution is 0.102. The van der Waals surface area contributed by atoms with E-state index in [2.05, 4.69) is 26.3 Å². The van der Waals surface area contributed by atoms with Crippen molar-refractivity contribution in [1.82, 2.24) is 15.0 Å². The first-order valence-corrected chi connectivity index (χ1v) is 8.36. The Hall–Kier alpha value is -2.99. The number of benzene rings is 1. The number of amides is 1. The molecule has 118 valence electrons. The fourth-order valence-electron chi connectivity index (χ4n) is 2.57. The van der Waals surface area contributed by atoms with Gasteiger partial charge in [-0.1, -0.05) is 24.3 Å². The molecule has 0 unspecified atom stereocenters. The van der Waals surface area contributed by atoms with Crippen LogP contribution in [0.25, 0.3) is 22.2 Å². The zero-order valence-corrected chi connectivity index (χ0v) is 13.7. The van der Waals surface area contributed by atoms with Crippen LogP contribution in [0.5, 0.6) is 0 Å². The van der Waals surface area contributed by atoms with Crippen molar-refractivity contribution in [3.05, 3.63) is 65.4 Å². The molecule has 0 saturated carbocycles. The fraction of sp³-hybridized carbons (Fsp3) is 0.0556. The van der Waals surface area contributed by atoms with Gasteiger partial charge in [0.25, 0.3) is 5.91 Å². The lowest BCUT2D eigenvalue weighted by atomic mass is 10.1. The van der Waals surface area contributed by atoms with Gasteiger partial charge in [-0.05, 0) is 25.1 Å². The number of hydrogen-bond acceptors (Lipinski definition) is 4. The number of hydrogen-bond donors (Lipinski definition) is 2. The molecule has 2 N–H and O–H groups in total. The summed E-state index contributed by atoms with van der Waals surface area (Å²) in [6.45, 7) is 1.86. The van der Waals surface area contributed by atoms with Crippen molar-refractivity contribution in [2.24, 2.45) is 0 Å². The van der Waals surface area contributed by atoms with Gasteiger partial charge in [-0.3, -0.25) is 10.1 Å². The Morgan fingerprint density at radius 3 is 2.88 bits per heavy atom. The number of nitrogens with zero attached hydrogens (tertiary/aromatic N) is 2. The van der Waals surface area contributed by atoms with Crippen LogP contribution < -0.4 is 5.32 Å². The summed E-state index contributed by atoms with van der Waals surface area (Å²) in [5.41, 5.74) is 4.12. The molecule has 0 aliphatic heterocycles. The summed E-state index contributed by atoms with van der Waals surface area (Å²) in [6.07, 6.45) is 1.94. The van der Waals surface area contributed by atoms with Gasteiger partial charge < -0.3 is 4.98 Å². The van der Waals surface area contributed by atoms with Gasteiger partial charge in [0, 0.05) is 33.7 Å². The topological polar surface area (TPSA) is 70.7 Å². The third-order valence-corrected chi connectivity index (χ3v) is 4.47. The van der Waals surface area contributed by atoms with Crippen molar-refractivity contribution in [3.8, 4) is 11.3 Å². The van der Waals surface area contributed by atoms with Crippen LogP contribution in [0.4, 0.5) is 5.13 Å². The maximum atomic E-state index is 12.3. The zero-order valence-electron chi connectivity index (χ0n) is 12.9. The van der Waals surface area contributed by atoms with Gasteiger partial charge in [-0.15, -0.1) is 11.3 Å². The van der Waals surface area contributed by atoms with E-state index in [1.54, 1.807) is 6.07 Å². The second-order valence-electron chi connectivity index (χ2n) is 5.40. The zero-order chi connectivity index (χ0) is 16.5. The SMILES string of the molecule is Cc1cccc(C(=O)Nc2nc(-c3c[nH]c4ccccc34)cs2)n1. The number of para-hydroxylation sites is 1. The number of aryl methyl sites for hydroxylation is 1. The van der Waals surface area contributed by atoms with Gasteiger partial charge in [0.1, 0.15) is 5.69 Å². The third-order valence-electron chi connectivity index (χ3n) is 3.71. The molecule has 0 atom stereocenters. The summed E-state index contributed by atoms with van der Waals surface area (Å²) in [5.74, 6) is -0.251. The van der Waals surface area contributed by atoms with Crippen LogP contribution in [0.3, 0.4) is 0 Å². The van der Waals surface area contributed by atoms with E-state index in [9.17, 15) is 4.79 Å². The minimum atomic E-state index is -0.251. The van der Waals surface area contributed by atoms with Gasteiger partial charge in [0.05, 0.1) is 5.69 Å². The Morgan fingerprint density at radius 2 is 2.00 bits per heavy atom. The van der Waals surface area contributed by atoms with Crippen LogP contribution in [0.15, 0.2) is 54.0 Å². The van der Waals surface area contributed by atoms with Gasteiger partial charge >= 0.3 is 0 Å². The average Bonchev–Trinajstić information content (AvgIpc) is 3.21. The van der Waals surface area contributed by atoms with Crippen molar-refractivity contribution in [2.45, 2.75) is 6.92 Å². The smallest absolute Gasteiger partial charge is 0.276 e. The van der Waals surface area contributed by atoms with Gasteiger partial charge in [0.15, 0.2) is 5.13 Å². The van der Waals surface area contributed by atoms with Crippen LogP contribution >= 0.6 is 11.3 Å². The lowest BCUT2D eigenvalue weighted by Gasteiger charge is -2.01. The Morgan fingerprint density at radius 1 is 1.12 bits per heavy atom. The first-order chi connectivity index (χ1) is 11.7. The first kappa shape index (κ1) is 14.6. The standard InChI is InChI=1S/C18H14N4OS/c1-11-5-4-8-15(20-11)17(23)22-18-21-16(10-24-18)13-9-19-14-7-3-2-6-12(13)14/h2-10,19H,1H3,(H,21,22,23). The normalized spacial score (nSPS) is 10.9. The average molecular weight is 334 g/mol. The summed E-state index contributed by atoms with van der Waals surface area (Å²) in [6, 6.07) is 13.4. The number of carbonyl (C=O) groups is 1. The van der Waals surface area contributed by atoms with E-state index in [1.807, 2.05) is 48.8 Å². The van der Waals surface area contributed by atoms with Crippen molar-refractivity contribution in [2.75, 3.05) is 5.32 Å². The number of rotatable bonds is 3. The van der Waals surface area contributed by atoms with Crippen LogP contribution in [0.1, 0.15) is 16.2 Å². The first-order valence-electron chi connectivity index (χ1n) is 7.48. The molecule has 3 aromatic heterocycles. The molecule has 0 bridgehead atoms. The minimum absolute atomic E-state index is 0.251. The summed E-state index contributed by atoms with van der Waals surface area (Å²) in [7, 11) is 0. The number of aromatic nitrogens is 3. The van der Waals surface area contributed by atoms with Gasteiger partial charge in [-0.25, -0.2) is 9.97 Å². The number of aromatic amines is 1. The summed E-state index contributed by atoms with van der Waals surface area (Å²) in [4.78, 5) is 24.3. The number of pyridine rings is 1. The predicted molar refractivity (Wildman–Crippen MR) is 96.3 cm³/mol. The van der Waals surface area contributed by atoms with Gasteiger partial charge in [0.2, 0.25) is 0 Å². The molecule has 0 radical (unpaired) electrons. The van der Waals surface area contributed by atoms with E-state index in [0.717, 1.165) is 27.9 Å². The third kappa shape index (κ3) is 2.68. The molecule has 5 nitrogen and oxygen atoms in total. The number of carbonyl (C=O) groups excluding carboxylic acids is 1. The van der Waals surface area contributed by atoms with Crippen LogP contribution in [0.2, 0.25) is 0 Å².